The minimum atomic E-state index is 0.300. The van der Waals surface area contributed by atoms with E-state index in [0.29, 0.717) is 29.6 Å². The monoisotopic (exact) mass is 334 g/mol. The first-order valence-corrected chi connectivity index (χ1v) is 8.41. The lowest BCUT2D eigenvalue weighted by Crippen LogP contribution is -2.02. The van der Waals surface area contributed by atoms with E-state index in [1.165, 1.54) is 0 Å². The van der Waals surface area contributed by atoms with Crippen LogP contribution in [0.5, 0.6) is 11.5 Å². The number of hydrogen-bond donors (Lipinski definition) is 0. The minimum absolute atomic E-state index is 0.300. The van der Waals surface area contributed by atoms with Gasteiger partial charge in [-0.3, -0.25) is 4.79 Å². The lowest BCUT2D eigenvalue weighted by Gasteiger charge is -2.18. The predicted molar refractivity (Wildman–Crippen MR) is 101 cm³/mol. The first-order chi connectivity index (χ1) is 12.2. The van der Waals surface area contributed by atoms with Crippen LogP contribution in [0, 0.1) is 0 Å². The molecule has 0 bridgehead atoms. The highest BCUT2D eigenvalue weighted by Gasteiger charge is 2.18. The normalized spacial score (nSPS) is 10.9. The maximum Gasteiger partial charge on any atom is 0.154 e. The van der Waals surface area contributed by atoms with Gasteiger partial charge < -0.3 is 9.47 Å². The molecule has 0 aromatic heterocycles. The van der Waals surface area contributed by atoms with Gasteiger partial charge >= 0.3 is 0 Å². The second kappa shape index (κ2) is 7.39. The van der Waals surface area contributed by atoms with Crippen molar-refractivity contribution in [2.45, 2.75) is 26.4 Å². The van der Waals surface area contributed by atoms with Crippen molar-refractivity contribution in [1.29, 1.82) is 0 Å². The van der Waals surface area contributed by atoms with E-state index in [4.69, 9.17) is 9.47 Å². The fraction of sp³-hybridized carbons (Fsp3) is 0.227. The molecule has 3 rings (SSSR count). The van der Waals surface area contributed by atoms with Crippen LogP contribution in [0.25, 0.3) is 10.8 Å². The van der Waals surface area contributed by atoms with Crippen LogP contribution in [0.1, 0.15) is 41.3 Å². The number of carbonyl (C=O) groups is 1. The van der Waals surface area contributed by atoms with Crippen molar-refractivity contribution in [2.75, 3.05) is 7.11 Å². The summed E-state index contributed by atoms with van der Waals surface area (Å²) in [6, 6.07) is 17.8. The molecule has 3 nitrogen and oxygen atoms in total. The first-order valence-electron chi connectivity index (χ1n) is 8.41. The van der Waals surface area contributed by atoms with Crippen LogP contribution in [0.3, 0.4) is 0 Å². The molecule has 0 spiro atoms. The number of fused-ring (bicyclic) bond motifs is 1. The number of ether oxygens (including phenoxy) is 2. The SMILES string of the molecule is COc1cccc2c(C(C)C)cc(OCc3ccccc3)c(C=O)c12. The summed E-state index contributed by atoms with van der Waals surface area (Å²) < 4.78 is 11.5. The first kappa shape index (κ1) is 17.0. The Hall–Kier alpha value is -2.81. The molecular formula is C22H22O3. The zero-order valence-electron chi connectivity index (χ0n) is 14.8. The molecule has 0 atom stereocenters. The van der Waals surface area contributed by atoms with Crippen LogP contribution in [-0.4, -0.2) is 13.4 Å². The zero-order chi connectivity index (χ0) is 17.8. The Morgan fingerprint density at radius 3 is 2.40 bits per heavy atom. The van der Waals surface area contributed by atoms with E-state index >= 15 is 0 Å². The Morgan fingerprint density at radius 1 is 1.00 bits per heavy atom. The molecule has 3 heteroatoms. The Balaban J connectivity index is 2.15. The lowest BCUT2D eigenvalue weighted by molar-refractivity contribution is 0.112. The van der Waals surface area contributed by atoms with Crippen molar-refractivity contribution in [3.63, 3.8) is 0 Å². The van der Waals surface area contributed by atoms with E-state index in [-0.39, 0.29) is 0 Å². The molecule has 3 aromatic rings. The molecule has 0 saturated carbocycles. The summed E-state index contributed by atoms with van der Waals surface area (Å²) in [4.78, 5) is 11.9. The average Bonchev–Trinajstić information content (AvgIpc) is 2.65. The Bertz CT molecular complexity index is 883. The van der Waals surface area contributed by atoms with Gasteiger partial charge in [0.1, 0.15) is 18.1 Å². The van der Waals surface area contributed by atoms with Gasteiger partial charge in [0.05, 0.1) is 12.7 Å². The summed E-state index contributed by atoms with van der Waals surface area (Å²) in [5.41, 5.74) is 2.74. The molecule has 25 heavy (non-hydrogen) atoms. The Kier molecular flexibility index (Phi) is 5.03. The average molecular weight is 334 g/mol. The molecule has 0 amide bonds. The molecule has 0 fully saturated rings. The third kappa shape index (κ3) is 3.36. The zero-order valence-corrected chi connectivity index (χ0v) is 14.8. The van der Waals surface area contributed by atoms with Crippen molar-refractivity contribution in [3.05, 3.63) is 71.3 Å². The van der Waals surface area contributed by atoms with Crippen LogP contribution in [0.2, 0.25) is 0 Å². The van der Waals surface area contributed by atoms with Gasteiger partial charge in [0.2, 0.25) is 0 Å². The third-order valence-corrected chi connectivity index (χ3v) is 4.36. The second-order valence-corrected chi connectivity index (χ2v) is 6.31. The Morgan fingerprint density at radius 2 is 1.76 bits per heavy atom. The van der Waals surface area contributed by atoms with Crippen LogP contribution < -0.4 is 9.47 Å². The van der Waals surface area contributed by atoms with Gasteiger partial charge in [-0.05, 0) is 34.6 Å². The molecule has 0 N–H and O–H groups in total. The minimum Gasteiger partial charge on any atom is -0.496 e. The molecule has 0 aliphatic heterocycles. The Labute approximate surface area is 148 Å². The van der Waals surface area contributed by atoms with Crippen LogP contribution >= 0.6 is 0 Å². The summed E-state index contributed by atoms with van der Waals surface area (Å²) in [5.74, 6) is 1.58. The van der Waals surface area contributed by atoms with Crippen LogP contribution in [0.4, 0.5) is 0 Å². The van der Waals surface area contributed by atoms with Gasteiger partial charge in [0, 0.05) is 5.39 Å². The smallest absolute Gasteiger partial charge is 0.154 e. The van der Waals surface area contributed by atoms with E-state index in [9.17, 15) is 4.79 Å². The fourth-order valence-electron chi connectivity index (χ4n) is 3.09. The summed E-state index contributed by atoms with van der Waals surface area (Å²) in [6.45, 7) is 4.69. The van der Waals surface area contributed by atoms with Crippen molar-refractivity contribution >= 4 is 17.1 Å². The van der Waals surface area contributed by atoms with Crippen molar-refractivity contribution in [3.8, 4) is 11.5 Å². The molecule has 0 unspecified atom stereocenters. The van der Waals surface area contributed by atoms with Gasteiger partial charge in [0.15, 0.2) is 6.29 Å². The topological polar surface area (TPSA) is 35.5 Å². The quantitative estimate of drug-likeness (QED) is 0.569. The molecular weight excluding hydrogens is 312 g/mol. The molecule has 0 heterocycles. The molecule has 0 radical (unpaired) electrons. The summed E-state index contributed by atoms with van der Waals surface area (Å²) in [7, 11) is 1.62. The maximum atomic E-state index is 11.9. The van der Waals surface area contributed by atoms with E-state index in [1.54, 1.807) is 7.11 Å². The highest BCUT2D eigenvalue weighted by atomic mass is 16.5. The van der Waals surface area contributed by atoms with E-state index in [1.807, 2.05) is 54.6 Å². The van der Waals surface area contributed by atoms with Gasteiger partial charge in [0.25, 0.3) is 0 Å². The highest BCUT2D eigenvalue weighted by molar-refractivity contribution is 6.05. The number of benzene rings is 3. The lowest BCUT2D eigenvalue weighted by atomic mass is 9.92. The summed E-state index contributed by atoms with van der Waals surface area (Å²) in [5, 5.41) is 1.85. The second-order valence-electron chi connectivity index (χ2n) is 6.31. The molecule has 128 valence electrons. The number of methoxy groups -OCH3 is 1. The highest BCUT2D eigenvalue weighted by Crippen LogP contribution is 2.39. The largest absolute Gasteiger partial charge is 0.496 e. The van der Waals surface area contributed by atoms with Gasteiger partial charge in [-0.15, -0.1) is 0 Å². The van der Waals surface area contributed by atoms with E-state index < -0.39 is 0 Å². The van der Waals surface area contributed by atoms with Crippen LogP contribution in [0.15, 0.2) is 54.6 Å². The summed E-state index contributed by atoms with van der Waals surface area (Å²) in [6.07, 6.45) is 0.856. The molecule has 0 saturated heterocycles. The van der Waals surface area contributed by atoms with E-state index in [2.05, 4.69) is 13.8 Å². The summed E-state index contributed by atoms with van der Waals surface area (Å²) >= 11 is 0. The van der Waals surface area contributed by atoms with Crippen LogP contribution in [-0.2, 0) is 6.61 Å². The third-order valence-electron chi connectivity index (χ3n) is 4.36. The number of aldehydes is 1. The van der Waals surface area contributed by atoms with Crippen molar-refractivity contribution in [1.82, 2.24) is 0 Å². The number of rotatable bonds is 6. The molecule has 0 aliphatic rings. The standard InChI is InChI=1S/C22H22O3/c1-15(2)18-12-21(25-14-16-8-5-4-6-9-16)19(13-23)22-17(18)10-7-11-20(22)24-3/h4-13,15H,14H2,1-3H3. The van der Waals surface area contributed by atoms with Gasteiger partial charge in [-0.2, -0.15) is 0 Å². The van der Waals surface area contributed by atoms with Gasteiger partial charge in [-0.1, -0.05) is 56.3 Å². The molecule has 3 aromatic carbocycles. The number of carbonyl (C=O) groups excluding carboxylic acids is 1. The number of hydrogen-bond acceptors (Lipinski definition) is 3. The van der Waals surface area contributed by atoms with Crippen molar-refractivity contribution in [2.24, 2.45) is 0 Å². The maximum absolute atomic E-state index is 11.9. The van der Waals surface area contributed by atoms with Crippen molar-refractivity contribution < 1.29 is 14.3 Å². The predicted octanol–water partition coefficient (Wildman–Crippen LogP) is 5.36. The fourth-order valence-corrected chi connectivity index (χ4v) is 3.09. The van der Waals surface area contributed by atoms with Gasteiger partial charge in [-0.25, -0.2) is 0 Å². The van der Waals surface area contributed by atoms with E-state index in [0.717, 1.165) is 28.2 Å². The molecule has 0 aliphatic carbocycles.